The first-order valence-corrected chi connectivity index (χ1v) is 11.5. The molecular weight excluding hydrogens is 440 g/mol. The lowest BCUT2D eigenvalue weighted by Crippen LogP contribution is -2.53. The zero-order valence-electron chi connectivity index (χ0n) is 18.4. The van der Waals surface area contributed by atoms with Crippen LogP contribution >= 0.6 is 11.6 Å². The molecule has 1 aliphatic rings. The highest BCUT2D eigenvalue weighted by atomic mass is 35.5. The molecule has 1 fully saturated rings. The quantitative estimate of drug-likeness (QED) is 0.402. The van der Waals surface area contributed by atoms with Gasteiger partial charge in [-0.3, -0.25) is 4.90 Å². The number of hydrogen-bond donors (Lipinski definition) is 1. The van der Waals surface area contributed by atoms with Crippen LogP contribution < -0.4 is 0 Å². The van der Waals surface area contributed by atoms with Crippen molar-refractivity contribution in [1.29, 1.82) is 0 Å². The van der Waals surface area contributed by atoms with Gasteiger partial charge in [-0.05, 0) is 41.3 Å². The van der Waals surface area contributed by atoms with Crippen molar-refractivity contribution in [3.63, 3.8) is 0 Å². The Bertz CT molecular complexity index is 1060. The van der Waals surface area contributed by atoms with Crippen molar-refractivity contribution < 1.29 is 13.9 Å². The molecule has 3 unspecified atom stereocenters. The summed E-state index contributed by atoms with van der Waals surface area (Å²) in [6.45, 7) is 4.44. The van der Waals surface area contributed by atoms with E-state index in [0.29, 0.717) is 30.1 Å². The number of alkyl halides is 2. The third kappa shape index (κ3) is 4.74. The van der Waals surface area contributed by atoms with Gasteiger partial charge in [0.15, 0.2) is 0 Å². The van der Waals surface area contributed by atoms with Gasteiger partial charge in [-0.25, -0.2) is 8.78 Å². The van der Waals surface area contributed by atoms with Gasteiger partial charge in [-0.2, -0.15) is 0 Å². The third-order valence-electron chi connectivity index (χ3n) is 6.77. The van der Waals surface area contributed by atoms with E-state index in [4.69, 9.17) is 11.6 Å². The summed E-state index contributed by atoms with van der Waals surface area (Å²) in [5, 5.41) is 11.9. The Morgan fingerprint density at radius 3 is 2.15 bits per heavy atom. The smallest absolute Gasteiger partial charge is 0.277 e. The van der Waals surface area contributed by atoms with Crippen molar-refractivity contribution in [2.75, 3.05) is 13.1 Å². The largest absolute Gasteiger partial charge is 0.392 e. The molecule has 5 heteroatoms. The number of likely N-dealkylation sites (tertiary alicyclic amines) is 1. The number of benzene rings is 3. The number of halogens is 3. The predicted molar refractivity (Wildman–Crippen MR) is 130 cm³/mol. The average Bonchev–Trinajstić information content (AvgIpc) is 3.22. The molecule has 3 aromatic rings. The van der Waals surface area contributed by atoms with Crippen molar-refractivity contribution in [3.05, 3.63) is 119 Å². The van der Waals surface area contributed by atoms with E-state index < -0.39 is 23.4 Å². The Morgan fingerprint density at radius 1 is 1.00 bits per heavy atom. The lowest BCUT2D eigenvalue weighted by atomic mass is 9.65. The van der Waals surface area contributed by atoms with Crippen molar-refractivity contribution in [2.24, 2.45) is 5.92 Å². The van der Waals surface area contributed by atoms with Gasteiger partial charge in [0.05, 0.1) is 11.5 Å². The summed E-state index contributed by atoms with van der Waals surface area (Å²) >= 11 is 6.09. The van der Waals surface area contributed by atoms with Crippen molar-refractivity contribution in [2.45, 2.75) is 30.4 Å². The van der Waals surface area contributed by atoms with Gasteiger partial charge >= 0.3 is 0 Å². The van der Waals surface area contributed by atoms with Gasteiger partial charge in [0.1, 0.15) is 0 Å². The number of nitrogens with zero attached hydrogens (tertiary/aromatic N) is 1. The Kier molecular flexibility index (Phi) is 6.99. The zero-order valence-corrected chi connectivity index (χ0v) is 19.1. The second kappa shape index (κ2) is 9.76. The molecule has 1 N–H and O–H groups in total. The molecule has 0 bridgehead atoms. The molecule has 33 heavy (non-hydrogen) atoms. The third-order valence-corrected chi connectivity index (χ3v) is 7.02. The van der Waals surface area contributed by atoms with Crippen molar-refractivity contribution in [1.82, 2.24) is 4.90 Å². The SMILES string of the molecule is C=CC(F)(F)C1(c2ccc(Cl)cc2)CN(Cc2ccccc2)CC1C(O)Cc1ccccc1. The first-order chi connectivity index (χ1) is 15.9. The molecule has 2 nitrogen and oxygen atoms in total. The predicted octanol–water partition coefficient (Wildman–Crippen LogP) is 6.13. The fraction of sp³-hybridized carbons (Fsp3) is 0.286. The minimum absolute atomic E-state index is 0.0963. The molecule has 0 saturated carbocycles. The van der Waals surface area contributed by atoms with Crippen LogP contribution in [-0.4, -0.2) is 35.1 Å². The van der Waals surface area contributed by atoms with E-state index in [0.717, 1.165) is 17.2 Å². The molecule has 0 aromatic heterocycles. The van der Waals surface area contributed by atoms with Crippen molar-refractivity contribution >= 4 is 11.6 Å². The molecular formula is C28H28ClF2NO. The Morgan fingerprint density at radius 2 is 1.58 bits per heavy atom. The summed E-state index contributed by atoms with van der Waals surface area (Å²) in [6, 6.07) is 25.9. The fourth-order valence-corrected chi connectivity index (χ4v) is 5.28. The van der Waals surface area contributed by atoms with Crippen LogP contribution in [0.25, 0.3) is 0 Å². The minimum atomic E-state index is -3.24. The van der Waals surface area contributed by atoms with E-state index >= 15 is 8.78 Å². The van der Waals surface area contributed by atoms with E-state index in [2.05, 4.69) is 6.58 Å². The highest BCUT2D eigenvalue weighted by Gasteiger charge is 2.63. The van der Waals surface area contributed by atoms with E-state index in [-0.39, 0.29) is 6.54 Å². The van der Waals surface area contributed by atoms with E-state index in [9.17, 15) is 5.11 Å². The molecule has 3 atom stereocenters. The van der Waals surface area contributed by atoms with Crippen molar-refractivity contribution in [3.8, 4) is 0 Å². The average molecular weight is 468 g/mol. The molecule has 1 aliphatic heterocycles. The van der Waals surface area contributed by atoms with Crippen LogP contribution in [0.1, 0.15) is 16.7 Å². The van der Waals surface area contributed by atoms with Crippen LogP contribution in [0.15, 0.2) is 97.6 Å². The molecule has 0 amide bonds. The molecule has 0 spiro atoms. The highest BCUT2D eigenvalue weighted by molar-refractivity contribution is 6.30. The van der Waals surface area contributed by atoms with Gasteiger partial charge < -0.3 is 5.11 Å². The van der Waals surface area contributed by atoms with Gasteiger partial charge in [0.2, 0.25) is 0 Å². The number of aliphatic hydroxyl groups excluding tert-OH is 1. The highest BCUT2D eigenvalue weighted by Crippen LogP contribution is 2.52. The van der Waals surface area contributed by atoms with E-state index in [1.807, 2.05) is 65.6 Å². The summed E-state index contributed by atoms with van der Waals surface area (Å²) in [4.78, 5) is 2.01. The summed E-state index contributed by atoms with van der Waals surface area (Å²) in [5.41, 5.74) is 0.785. The molecule has 0 radical (unpaired) electrons. The topological polar surface area (TPSA) is 23.5 Å². The fourth-order valence-electron chi connectivity index (χ4n) is 5.16. The maximum atomic E-state index is 15.9. The van der Waals surface area contributed by atoms with E-state index in [1.165, 1.54) is 0 Å². The monoisotopic (exact) mass is 467 g/mol. The first-order valence-electron chi connectivity index (χ1n) is 11.1. The minimum Gasteiger partial charge on any atom is -0.392 e. The summed E-state index contributed by atoms with van der Waals surface area (Å²) in [6.07, 6.45) is 0.0676. The summed E-state index contributed by atoms with van der Waals surface area (Å²) in [5.74, 6) is -3.95. The normalized spacial score (nSPS) is 22.2. The van der Waals surface area contributed by atoms with Crippen LogP contribution in [0.3, 0.4) is 0 Å². The second-order valence-corrected chi connectivity index (χ2v) is 9.26. The summed E-state index contributed by atoms with van der Waals surface area (Å²) in [7, 11) is 0. The van der Waals surface area contributed by atoms with Gasteiger partial charge in [0, 0.05) is 30.6 Å². The molecule has 0 aliphatic carbocycles. The van der Waals surface area contributed by atoms with Gasteiger partial charge in [-0.15, -0.1) is 0 Å². The molecule has 1 saturated heterocycles. The molecule has 1 heterocycles. The number of allylic oxidation sites excluding steroid dienone is 1. The molecule has 172 valence electrons. The lowest BCUT2D eigenvalue weighted by Gasteiger charge is -2.42. The molecule has 3 aromatic carbocycles. The standard InChI is InChI=1S/C28H28ClF2NO/c1-2-28(30,31)27(23-13-15-24(29)16-14-23)20-32(18-22-11-7-4-8-12-22)19-25(27)26(33)17-21-9-5-3-6-10-21/h2-16,25-26,33H,1,17-20H2. The lowest BCUT2D eigenvalue weighted by molar-refractivity contribution is -0.0708. The van der Waals surface area contributed by atoms with Crippen LogP contribution in [0, 0.1) is 5.92 Å². The zero-order chi connectivity index (χ0) is 23.5. The maximum Gasteiger partial charge on any atom is 0.277 e. The number of aliphatic hydroxyl groups is 1. The molecule has 4 rings (SSSR count). The van der Waals surface area contributed by atoms with E-state index in [1.54, 1.807) is 24.3 Å². The maximum absolute atomic E-state index is 15.9. The number of hydrogen-bond acceptors (Lipinski definition) is 2. The first kappa shape index (κ1) is 23.6. The van der Waals surface area contributed by atoms with Gasteiger partial charge in [-0.1, -0.05) is 91.0 Å². The van der Waals surface area contributed by atoms with Crippen LogP contribution in [-0.2, 0) is 18.4 Å². The van der Waals surface area contributed by atoms with Crippen LogP contribution in [0.2, 0.25) is 5.02 Å². The Balaban J connectivity index is 1.77. The van der Waals surface area contributed by atoms with Crippen LogP contribution in [0.4, 0.5) is 8.78 Å². The Labute approximate surface area is 199 Å². The van der Waals surface area contributed by atoms with Crippen LogP contribution in [0.5, 0.6) is 0 Å². The Hall–Kier alpha value is -2.53. The van der Waals surface area contributed by atoms with Gasteiger partial charge in [0.25, 0.3) is 5.92 Å². The second-order valence-electron chi connectivity index (χ2n) is 8.82. The number of rotatable bonds is 8. The summed E-state index contributed by atoms with van der Waals surface area (Å²) < 4.78 is 31.7.